The number of carbonyl (C=O) groups is 2. The van der Waals surface area contributed by atoms with Crippen LogP contribution in [0, 0.1) is 17.7 Å². The quantitative estimate of drug-likeness (QED) is 0.173. The smallest absolute Gasteiger partial charge is 0.349 e. The molecule has 3 aromatic carbocycles. The molecule has 6 nitrogen and oxygen atoms in total. The molecule has 5 aromatic rings. The van der Waals surface area contributed by atoms with E-state index in [1.54, 1.807) is 38.3 Å². The van der Waals surface area contributed by atoms with Gasteiger partial charge < -0.3 is 15.0 Å². The second kappa shape index (κ2) is 12.1. The molecule has 2 aromatic heterocycles. The van der Waals surface area contributed by atoms with Gasteiger partial charge >= 0.3 is 12.0 Å². The number of nitrogens with two attached hydrogens (primary N) is 1. The highest BCUT2D eigenvalue weighted by Crippen LogP contribution is 2.35. The summed E-state index contributed by atoms with van der Waals surface area (Å²) in [6.45, 7) is 3.31. The second-order valence-electron chi connectivity index (χ2n) is 9.55. The third kappa shape index (κ3) is 6.32. The average molecular weight is 567 g/mol. The fourth-order valence-corrected chi connectivity index (χ4v) is 5.36. The fraction of sp³-hybridized carbons (Fsp3) is 0.152. The first-order chi connectivity index (χ1) is 19.8. The van der Waals surface area contributed by atoms with Crippen LogP contribution in [0.4, 0.5) is 9.18 Å². The summed E-state index contributed by atoms with van der Waals surface area (Å²) in [6.07, 6.45) is 2.32. The Hall–Kier alpha value is -4.87. The van der Waals surface area contributed by atoms with E-state index in [0.717, 1.165) is 36.9 Å². The number of urea groups is 1. The van der Waals surface area contributed by atoms with Gasteiger partial charge in [0.1, 0.15) is 17.4 Å². The van der Waals surface area contributed by atoms with Crippen LogP contribution in [0.15, 0.2) is 95.6 Å². The molecule has 41 heavy (non-hydrogen) atoms. The largest absolute Gasteiger partial charge is 0.463 e. The van der Waals surface area contributed by atoms with Crippen molar-refractivity contribution >= 4 is 34.3 Å². The Kier molecular flexibility index (Phi) is 8.18. The van der Waals surface area contributed by atoms with Crippen LogP contribution in [0.3, 0.4) is 0 Å². The molecule has 0 radical (unpaired) electrons. The zero-order chi connectivity index (χ0) is 28.9. The SMILES string of the molecule is CC(C(=O)ON(C(N)=O)[C@H](C)C#Cc1ccc(Cc2ccc(F)cc2)s1)c1cccc2c(-c3ccccc3)coc12. The van der Waals surface area contributed by atoms with Crippen molar-refractivity contribution in [3.05, 3.63) is 118 Å². The average Bonchev–Trinajstić information content (AvgIpc) is 3.62. The molecule has 0 spiro atoms. The van der Waals surface area contributed by atoms with Gasteiger partial charge in [-0.25, -0.2) is 14.0 Å². The molecule has 0 saturated carbocycles. The van der Waals surface area contributed by atoms with Crippen LogP contribution in [0.1, 0.15) is 40.6 Å². The third-order valence-corrected chi connectivity index (χ3v) is 7.65. The molecule has 8 heteroatoms. The van der Waals surface area contributed by atoms with Gasteiger partial charge in [0.15, 0.2) is 0 Å². The zero-order valence-corrected chi connectivity index (χ0v) is 23.3. The zero-order valence-electron chi connectivity index (χ0n) is 22.5. The monoisotopic (exact) mass is 566 g/mol. The van der Waals surface area contributed by atoms with Crippen molar-refractivity contribution in [2.75, 3.05) is 0 Å². The van der Waals surface area contributed by atoms with Crippen LogP contribution in [0.5, 0.6) is 0 Å². The van der Waals surface area contributed by atoms with Crippen LogP contribution in [0.25, 0.3) is 22.1 Å². The number of fused-ring (bicyclic) bond motifs is 1. The number of amides is 2. The predicted molar refractivity (Wildman–Crippen MR) is 157 cm³/mol. The lowest BCUT2D eigenvalue weighted by atomic mass is 9.97. The summed E-state index contributed by atoms with van der Waals surface area (Å²) in [4.78, 5) is 32.7. The number of thiophene rings is 1. The van der Waals surface area contributed by atoms with E-state index in [0.29, 0.717) is 17.6 Å². The van der Waals surface area contributed by atoms with E-state index in [9.17, 15) is 14.0 Å². The summed E-state index contributed by atoms with van der Waals surface area (Å²) in [6, 6.07) is 23.9. The standard InChI is InChI=1S/C33H27FN2O4S/c1-21(11-16-26-17-18-27(41-26)19-23-12-14-25(34)15-13-23)36(33(35)38)40-32(37)22(2)28-9-6-10-29-30(20-39-31(28)29)24-7-4-3-5-8-24/h3-10,12-15,17-18,20-22H,19H2,1-2H3,(H2,35,38)/t21-,22?/m1/s1. The van der Waals surface area contributed by atoms with Crippen molar-refractivity contribution in [1.29, 1.82) is 0 Å². The number of rotatable bonds is 6. The van der Waals surface area contributed by atoms with Crippen LogP contribution in [0.2, 0.25) is 0 Å². The molecule has 1 unspecified atom stereocenters. The molecule has 0 bridgehead atoms. The fourth-order valence-electron chi connectivity index (χ4n) is 4.46. The van der Waals surface area contributed by atoms with Crippen molar-refractivity contribution in [2.45, 2.75) is 32.2 Å². The molecular weight excluding hydrogens is 539 g/mol. The lowest BCUT2D eigenvalue weighted by Crippen LogP contribution is -2.43. The maximum atomic E-state index is 13.2. The van der Waals surface area contributed by atoms with Crippen molar-refractivity contribution in [2.24, 2.45) is 5.73 Å². The van der Waals surface area contributed by atoms with Crippen LogP contribution < -0.4 is 5.73 Å². The maximum Gasteiger partial charge on any atom is 0.349 e. The van der Waals surface area contributed by atoms with Gasteiger partial charge in [-0.05, 0) is 49.2 Å². The molecule has 0 saturated heterocycles. The van der Waals surface area contributed by atoms with E-state index < -0.39 is 24.0 Å². The molecule has 2 atom stereocenters. The molecule has 2 heterocycles. The first kappa shape index (κ1) is 27.7. The van der Waals surface area contributed by atoms with E-state index in [2.05, 4.69) is 11.8 Å². The van der Waals surface area contributed by atoms with Crippen molar-refractivity contribution in [1.82, 2.24) is 5.06 Å². The molecule has 206 valence electrons. The van der Waals surface area contributed by atoms with E-state index in [1.165, 1.54) is 23.5 Å². The number of primary amides is 1. The summed E-state index contributed by atoms with van der Waals surface area (Å²) in [5.41, 5.74) is 9.66. The first-order valence-electron chi connectivity index (χ1n) is 13.0. The molecule has 0 fully saturated rings. The Morgan fingerprint density at radius 3 is 2.49 bits per heavy atom. The van der Waals surface area contributed by atoms with Gasteiger partial charge in [-0.15, -0.1) is 16.4 Å². The summed E-state index contributed by atoms with van der Waals surface area (Å²) >= 11 is 1.49. The lowest BCUT2D eigenvalue weighted by molar-refractivity contribution is -0.181. The van der Waals surface area contributed by atoms with Gasteiger partial charge in [0, 0.05) is 27.8 Å². The molecule has 0 aliphatic rings. The molecule has 0 aliphatic carbocycles. The third-order valence-electron chi connectivity index (χ3n) is 6.65. The Bertz CT molecular complexity index is 1750. The molecule has 0 aliphatic heterocycles. The normalized spacial score (nSPS) is 12.3. The number of hydrogen-bond acceptors (Lipinski definition) is 5. The number of furan rings is 1. The number of halogens is 1. The predicted octanol–water partition coefficient (Wildman–Crippen LogP) is 7.27. The van der Waals surface area contributed by atoms with Crippen LogP contribution in [-0.2, 0) is 16.1 Å². The number of hydrogen-bond donors (Lipinski definition) is 1. The minimum atomic E-state index is -0.932. The molecular formula is C33H27FN2O4S. The highest BCUT2D eigenvalue weighted by molar-refractivity contribution is 7.12. The highest BCUT2D eigenvalue weighted by Gasteiger charge is 2.28. The van der Waals surface area contributed by atoms with Gasteiger partial charge in [-0.1, -0.05) is 72.5 Å². The van der Waals surface area contributed by atoms with Crippen molar-refractivity contribution < 1.29 is 23.2 Å². The van der Waals surface area contributed by atoms with Gasteiger partial charge in [-0.3, -0.25) is 0 Å². The summed E-state index contributed by atoms with van der Waals surface area (Å²) < 4.78 is 19.1. The highest BCUT2D eigenvalue weighted by atomic mass is 32.1. The van der Waals surface area contributed by atoms with Gasteiger partial charge in [0.2, 0.25) is 0 Å². The first-order valence-corrected chi connectivity index (χ1v) is 13.8. The lowest BCUT2D eigenvalue weighted by Gasteiger charge is -2.23. The minimum Gasteiger partial charge on any atom is -0.463 e. The van der Waals surface area contributed by atoms with Gasteiger partial charge in [-0.2, -0.15) is 0 Å². The Morgan fingerprint density at radius 1 is 1.00 bits per heavy atom. The molecule has 2 amide bonds. The number of nitrogens with zero attached hydrogens (tertiary/aromatic N) is 1. The maximum absolute atomic E-state index is 13.2. The summed E-state index contributed by atoms with van der Waals surface area (Å²) in [7, 11) is 0. The van der Waals surface area contributed by atoms with Gasteiger partial charge in [0.25, 0.3) is 0 Å². The molecule has 2 N–H and O–H groups in total. The van der Waals surface area contributed by atoms with Crippen LogP contribution in [-0.4, -0.2) is 23.1 Å². The minimum absolute atomic E-state index is 0.273. The van der Waals surface area contributed by atoms with Crippen LogP contribution >= 0.6 is 11.3 Å². The topological polar surface area (TPSA) is 85.8 Å². The van der Waals surface area contributed by atoms with E-state index in [-0.39, 0.29) is 5.82 Å². The number of carbonyl (C=O) groups excluding carboxylic acids is 2. The summed E-state index contributed by atoms with van der Waals surface area (Å²) in [5.74, 6) is 4.28. The Balaban J connectivity index is 1.28. The number of hydroxylamine groups is 2. The number of para-hydroxylation sites is 1. The Morgan fingerprint density at radius 2 is 1.76 bits per heavy atom. The van der Waals surface area contributed by atoms with E-state index >= 15 is 0 Å². The Labute approximate surface area is 241 Å². The van der Waals surface area contributed by atoms with Crippen molar-refractivity contribution in [3.8, 4) is 23.0 Å². The van der Waals surface area contributed by atoms with E-state index in [1.807, 2.05) is 54.6 Å². The van der Waals surface area contributed by atoms with Crippen molar-refractivity contribution in [3.63, 3.8) is 0 Å². The molecule has 5 rings (SSSR count). The van der Waals surface area contributed by atoms with Gasteiger partial charge in [0.05, 0.1) is 17.1 Å². The second-order valence-corrected chi connectivity index (χ2v) is 10.7. The number of benzene rings is 3. The van der Waals surface area contributed by atoms with E-state index in [4.69, 9.17) is 15.0 Å². The summed E-state index contributed by atoms with van der Waals surface area (Å²) in [5, 5.41) is 1.66.